The molecule has 0 radical (unpaired) electrons. The van der Waals surface area contributed by atoms with Gasteiger partial charge in [-0.2, -0.15) is 0 Å². The maximum atomic E-state index is 9.52. The van der Waals surface area contributed by atoms with Crippen LogP contribution in [0.3, 0.4) is 0 Å². The molecule has 1 atom stereocenters. The third kappa shape index (κ3) is 3.15. The average Bonchev–Trinajstić information content (AvgIpc) is 2.00. The number of aliphatic hydroxyl groups is 2. The molecule has 0 bridgehead atoms. The van der Waals surface area contributed by atoms with Crippen molar-refractivity contribution in [2.75, 3.05) is 13.2 Å². The summed E-state index contributed by atoms with van der Waals surface area (Å²) in [6.07, 6.45) is 1.88. The molecular formula is C7H17NO2. The van der Waals surface area contributed by atoms with Crippen LogP contribution in [-0.2, 0) is 0 Å². The monoisotopic (exact) mass is 147 g/mol. The first kappa shape index (κ1) is 9.88. The molecule has 0 aromatic carbocycles. The van der Waals surface area contributed by atoms with Gasteiger partial charge in [0.05, 0.1) is 5.60 Å². The molecule has 0 aliphatic carbocycles. The third-order valence-electron chi connectivity index (χ3n) is 1.84. The minimum absolute atomic E-state index is 0.127. The third-order valence-corrected chi connectivity index (χ3v) is 1.84. The largest absolute Gasteiger partial charge is 0.396 e. The van der Waals surface area contributed by atoms with Gasteiger partial charge in [-0.05, 0) is 19.3 Å². The predicted octanol–water partition coefficient (Wildman–Crippen LogP) is -0.141. The van der Waals surface area contributed by atoms with Crippen LogP contribution in [-0.4, -0.2) is 29.0 Å². The van der Waals surface area contributed by atoms with Crippen LogP contribution in [0.15, 0.2) is 0 Å². The van der Waals surface area contributed by atoms with Crippen LogP contribution in [0.2, 0.25) is 0 Å². The summed E-state index contributed by atoms with van der Waals surface area (Å²) < 4.78 is 0. The topological polar surface area (TPSA) is 66.5 Å². The molecule has 3 heteroatoms. The smallest absolute Gasteiger partial charge is 0.0767 e. The molecule has 0 aliphatic heterocycles. The molecular weight excluding hydrogens is 130 g/mol. The maximum absolute atomic E-state index is 9.52. The first-order valence-corrected chi connectivity index (χ1v) is 3.72. The Bertz CT molecular complexity index is 81.7. The van der Waals surface area contributed by atoms with Gasteiger partial charge in [0.1, 0.15) is 0 Å². The van der Waals surface area contributed by atoms with Crippen molar-refractivity contribution in [2.24, 2.45) is 5.73 Å². The van der Waals surface area contributed by atoms with Gasteiger partial charge in [0, 0.05) is 13.2 Å². The van der Waals surface area contributed by atoms with E-state index in [-0.39, 0.29) is 13.2 Å². The van der Waals surface area contributed by atoms with Gasteiger partial charge in [-0.1, -0.05) is 6.92 Å². The van der Waals surface area contributed by atoms with Crippen LogP contribution < -0.4 is 5.73 Å². The summed E-state index contributed by atoms with van der Waals surface area (Å²) >= 11 is 0. The van der Waals surface area contributed by atoms with E-state index >= 15 is 0 Å². The SMILES string of the molecule is CCC(O)(CN)CCCO. The molecule has 0 saturated carbocycles. The summed E-state index contributed by atoms with van der Waals surface area (Å²) in [5, 5.41) is 18.0. The van der Waals surface area contributed by atoms with Gasteiger partial charge in [0.2, 0.25) is 0 Å². The van der Waals surface area contributed by atoms with Gasteiger partial charge in [0.15, 0.2) is 0 Å². The van der Waals surface area contributed by atoms with Crippen LogP contribution in [0.4, 0.5) is 0 Å². The lowest BCUT2D eigenvalue weighted by molar-refractivity contribution is 0.0299. The first-order valence-electron chi connectivity index (χ1n) is 3.72. The Kier molecular flexibility index (Phi) is 4.60. The van der Waals surface area contributed by atoms with Gasteiger partial charge in [-0.15, -0.1) is 0 Å². The van der Waals surface area contributed by atoms with Gasteiger partial charge >= 0.3 is 0 Å². The molecule has 0 aromatic rings. The van der Waals surface area contributed by atoms with Crippen LogP contribution >= 0.6 is 0 Å². The normalized spacial score (nSPS) is 16.8. The number of hydrogen-bond donors (Lipinski definition) is 3. The minimum Gasteiger partial charge on any atom is -0.396 e. The second-order valence-corrected chi connectivity index (χ2v) is 2.61. The fraction of sp³-hybridized carbons (Fsp3) is 1.00. The summed E-state index contributed by atoms with van der Waals surface area (Å²) in [7, 11) is 0. The average molecular weight is 147 g/mol. The van der Waals surface area contributed by atoms with E-state index in [1.54, 1.807) is 0 Å². The van der Waals surface area contributed by atoms with Crippen molar-refractivity contribution in [1.29, 1.82) is 0 Å². The molecule has 0 amide bonds. The van der Waals surface area contributed by atoms with Crippen molar-refractivity contribution >= 4 is 0 Å². The highest BCUT2D eigenvalue weighted by molar-refractivity contribution is 4.76. The maximum Gasteiger partial charge on any atom is 0.0767 e. The van der Waals surface area contributed by atoms with E-state index in [4.69, 9.17) is 10.8 Å². The minimum atomic E-state index is -0.747. The van der Waals surface area contributed by atoms with Crippen molar-refractivity contribution in [3.63, 3.8) is 0 Å². The van der Waals surface area contributed by atoms with Crippen molar-refractivity contribution in [2.45, 2.75) is 31.8 Å². The lowest BCUT2D eigenvalue weighted by atomic mass is 9.95. The zero-order valence-electron chi connectivity index (χ0n) is 6.51. The Morgan fingerprint density at radius 3 is 2.40 bits per heavy atom. The van der Waals surface area contributed by atoms with E-state index in [0.717, 1.165) is 0 Å². The van der Waals surface area contributed by atoms with E-state index < -0.39 is 5.60 Å². The highest BCUT2D eigenvalue weighted by Gasteiger charge is 2.21. The molecule has 0 spiro atoms. The summed E-state index contributed by atoms with van der Waals surface area (Å²) in [5.74, 6) is 0. The van der Waals surface area contributed by atoms with E-state index in [2.05, 4.69) is 0 Å². The number of hydrogen-bond acceptors (Lipinski definition) is 3. The Morgan fingerprint density at radius 1 is 1.50 bits per heavy atom. The van der Waals surface area contributed by atoms with Crippen molar-refractivity contribution < 1.29 is 10.2 Å². The van der Waals surface area contributed by atoms with Crippen molar-refractivity contribution in [3.05, 3.63) is 0 Å². The van der Waals surface area contributed by atoms with E-state index in [0.29, 0.717) is 19.3 Å². The highest BCUT2D eigenvalue weighted by Crippen LogP contribution is 2.14. The molecule has 1 unspecified atom stereocenters. The van der Waals surface area contributed by atoms with Crippen molar-refractivity contribution in [3.8, 4) is 0 Å². The van der Waals surface area contributed by atoms with Crippen LogP contribution in [0.5, 0.6) is 0 Å². The zero-order valence-corrected chi connectivity index (χ0v) is 6.51. The molecule has 0 fully saturated rings. The standard InChI is InChI=1S/C7H17NO2/c1-2-7(10,6-8)4-3-5-9/h9-10H,2-6,8H2,1H3. The fourth-order valence-corrected chi connectivity index (χ4v) is 0.831. The molecule has 0 heterocycles. The van der Waals surface area contributed by atoms with Crippen molar-refractivity contribution in [1.82, 2.24) is 0 Å². The summed E-state index contributed by atoms with van der Waals surface area (Å²) in [6, 6.07) is 0. The quantitative estimate of drug-likeness (QED) is 0.507. The molecule has 62 valence electrons. The molecule has 10 heavy (non-hydrogen) atoms. The number of rotatable bonds is 5. The summed E-state index contributed by atoms with van der Waals surface area (Å²) in [4.78, 5) is 0. The number of nitrogens with two attached hydrogens (primary N) is 1. The molecule has 4 N–H and O–H groups in total. The van der Waals surface area contributed by atoms with E-state index in [1.165, 1.54) is 0 Å². The zero-order chi connectivity index (χ0) is 8.04. The lowest BCUT2D eigenvalue weighted by Crippen LogP contribution is -2.37. The summed E-state index contributed by atoms with van der Waals surface area (Å²) in [5.41, 5.74) is 4.58. The van der Waals surface area contributed by atoms with Crippen LogP contribution in [0.1, 0.15) is 26.2 Å². The fourth-order valence-electron chi connectivity index (χ4n) is 0.831. The Labute approximate surface area is 61.9 Å². The lowest BCUT2D eigenvalue weighted by Gasteiger charge is -2.24. The molecule has 0 rings (SSSR count). The van der Waals surface area contributed by atoms with E-state index in [9.17, 15) is 5.11 Å². The molecule has 0 saturated heterocycles. The second-order valence-electron chi connectivity index (χ2n) is 2.61. The van der Waals surface area contributed by atoms with Gasteiger partial charge in [-0.25, -0.2) is 0 Å². The highest BCUT2D eigenvalue weighted by atomic mass is 16.3. The predicted molar refractivity (Wildman–Crippen MR) is 40.6 cm³/mol. The molecule has 0 aromatic heterocycles. The second kappa shape index (κ2) is 4.66. The van der Waals surface area contributed by atoms with Gasteiger partial charge in [0.25, 0.3) is 0 Å². The number of aliphatic hydroxyl groups excluding tert-OH is 1. The molecule has 0 aliphatic rings. The Balaban J connectivity index is 3.58. The van der Waals surface area contributed by atoms with E-state index in [1.807, 2.05) is 6.92 Å². The Morgan fingerprint density at radius 2 is 2.10 bits per heavy atom. The summed E-state index contributed by atoms with van der Waals surface area (Å²) in [6.45, 7) is 2.30. The van der Waals surface area contributed by atoms with Crippen LogP contribution in [0.25, 0.3) is 0 Å². The van der Waals surface area contributed by atoms with Crippen LogP contribution in [0, 0.1) is 0 Å². The Hall–Kier alpha value is -0.120. The van der Waals surface area contributed by atoms with Gasteiger partial charge < -0.3 is 15.9 Å². The molecule has 3 nitrogen and oxygen atoms in total. The van der Waals surface area contributed by atoms with Gasteiger partial charge in [-0.3, -0.25) is 0 Å². The first-order chi connectivity index (χ1) is 4.68.